The molecular formula is C24H27FN6O4. The zero-order valence-electron chi connectivity index (χ0n) is 19.6. The van der Waals surface area contributed by atoms with Gasteiger partial charge in [0.1, 0.15) is 5.82 Å². The van der Waals surface area contributed by atoms with E-state index in [9.17, 15) is 9.18 Å². The van der Waals surface area contributed by atoms with Crippen molar-refractivity contribution in [1.29, 1.82) is 0 Å². The minimum absolute atomic E-state index is 0.153. The second-order valence-electron chi connectivity index (χ2n) is 8.79. The van der Waals surface area contributed by atoms with Gasteiger partial charge in [-0.25, -0.2) is 19.3 Å². The zero-order chi connectivity index (χ0) is 24.4. The molecule has 0 spiro atoms. The standard InChI is InChI=1S/C24H27FN6O4/c1-24(22(32)26-2)13-34-21(35-14-24)20-29-18(15-3-5-16(25)6-4-15)19(30-20)17-7-8-27-23(28-17)31-9-11-33-12-10-31/h3-8,21H,9-14H2,1-2H3,(H,26,32)(H,29,30). The highest BCUT2D eigenvalue weighted by Crippen LogP contribution is 2.35. The highest BCUT2D eigenvalue weighted by molar-refractivity contribution is 5.82. The number of aromatic amines is 1. The van der Waals surface area contributed by atoms with Crippen molar-refractivity contribution >= 4 is 11.9 Å². The Balaban J connectivity index is 1.49. The van der Waals surface area contributed by atoms with Gasteiger partial charge in [-0.1, -0.05) is 0 Å². The summed E-state index contributed by atoms with van der Waals surface area (Å²) in [4.78, 5) is 31.5. The number of aromatic nitrogens is 4. The molecule has 1 aromatic carbocycles. The number of hydrogen-bond donors (Lipinski definition) is 2. The molecule has 10 nitrogen and oxygen atoms in total. The van der Waals surface area contributed by atoms with Crippen LogP contribution in [0.1, 0.15) is 19.0 Å². The molecular weight excluding hydrogens is 455 g/mol. The minimum atomic E-state index is -0.791. The summed E-state index contributed by atoms with van der Waals surface area (Å²) in [6.45, 7) is 4.78. The third-order valence-corrected chi connectivity index (χ3v) is 6.14. The third kappa shape index (κ3) is 4.75. The van der Waals surface area contributed by atoms with Crippen molar-refractivity contribution in [2.24, 2.45) is 5.41 Å². The van der Waals surface area contributed by atoms with Gasteiger partial charge in [-0.15, -0.1) is 0 Å². The summed E-state index contributed by atoms with van der Waals surface area (Å²) < 4.78 is 30.8. The van der Waals surface area contributed by atoms with Gasteiger partial charge in [0.25, 0.3) is 0 Å². The van der Waals surface area contributed by atoms with E-state index in [1.165, 1.54) is 12.1 Å². The van der Waals surface area contributed by atoms with Crippen LogP contribution in [0, 0.1) is 11.2 Å². The molecule has 2 aromatic heterocycles. The number of nitrogens with zero attached hydrogens (tertiary/aromatic N) is 4. The van der Waals surface area contributed by atoms with Crippen LogP contribution in [0.25, 0.3) is 22.6 Å². The Morgan fingerprint density at radius 3 is 2.54 bits per heavy atom. The number of carbonyl (C=O) groups is 1. The van der Waals surface area contributed by atoms with Crippen molar-refractivity contribution in [3.8, 4) is 22.6 Å². The molecule has 1 amide bonds. The summed E-state index contributed by atoms with van der Waals surface area (Å²) in [6, 6.07) is 7.88. The lowest BCUT2D eigenvalue weighted by atomic mass is 9.91. The lowest BCUT2D eigenvalue weighted by Gasteiger charge is -2.34. The average molecular weight is 483 g/mol. The molecule has 2 N–H and O–H groups in total. The maximum Gasteiger partial charge on any atom is 0.230 e. The molecule has 5 rings (SSSR count). The first kappa shape index (κ1) is 23.3. The molecule has 4 heterocycles. The Bertz CT molecular complexity index is 1190. The van der Waals surface area contributed by atoms with E-state index < -0.39 is 11.7 Å². The number of nitrogens with one attached hydrogen (secondary N) is 2. The van der Waals surface area contributed by atoms with Crippen LogP contribution in [-0.4, -0.2) is 72.4 Å². The Labute approximate surface area is 201 Å². The summed E-state index contributed by atoms with van der Waals surface area (Å²) in [6.07, 6.45) is 0.908. The van der Waals surface area contributed by atoms with Crippen LogP contribution < -0.4 is 10.2 Å². The van der Waals surface area contributed by atoms with E-state index >= 15 is 0 Å². The van der Waals surface area contributed by atoms with Crippen LogP contribution in [-0.2, 0) is 19.0 Å². The van der Waals surface area contributed by atoms with Crippen molar-refractivity contribution in [2.45, 2.75) is 13.2 Å². The minimum Gasteiger partial charge on any atom is -0.378 e. The van der Waals surface area contributed by atoms with Crippen LogP contribution in [0.4, 0.5) is 10.3 Å². The maximum absolute atomic E-state index is 13.6. The van der Waals surface area contributed by atoms with E-state index in [0.717, 1.165) is 0 Å². The van der Waals surface area contributed by atoms with Gasteiger partial charge in [-0.2, -0.15) is 0 Å². The molecule has 35 heavy (non-hydrogen) atoms. The highest BCUT2D eigenvalue weighted by atomic mass is 19.1. The van der Waals surface area contributed by atoms with Gasteiger partial charge in [0.15, 0.2) is 5.82 Å². The summed E-state index contributed by atoms with van der Waals surface area (Å²) in [5.74, 6) is 0.540. The van der Waals surface area contributed by atoms with Gasteiger partial charge >= 0.3 is 0 Å². The number of halogens is 1. The number of carbonyl (C=O) groups excluding carboxylic acids is 1. The van der Waals surface area contributed by atoms with Crippen molar-refractivity contribution in [1.82, 2.24) is 25.3 Å². The Morgan fingerprint density at radius 1 is 1.14 bits per heavy atom. The second kappa shape index (κ2) is 9.68. The van der Waals surface area contributed by atoms with Gasteiger partial charge in [0.2, 0.25) is 18.1 Å². The molecule has 184 valence electrons. The van der Waals surface area contributed by atoms with E-state index in [1.54, 1.807) is 38.4 Å². The molecule has 0 radical (unpaired) electrons. The molecule has 2 fully saturated rings. The van der Waals surface area contributed by atoms with Gasteiger partial charge in [0.05, 0.1) is 48.9 Å². The number of amides is 1. The first-order valence-corrected chi connectivity index (χ1v) is 11.4. The van der Waals surface area contributed by atoms with E-state index in [2.05, 4.69) is 20.2 Å². The Kier molecular flexibility index (Phi) is 6.46. The maximum atomic E-state index is 13.6. The fourth-order valence-electron chi connectivity index (χ4n) is 4.11. The SMILES string of the molecule is CNC(=O)C1(C)COC(c2nc(-c3ccc(F)cc3)c(-c3ccnc(N4CCOCC4)n3)[nH]2)OC1. The number of H-pyrrole nitrogens is 1. The summed E-state index contributed by atoms with van der Waals surface area (Å²) in [7, 11) is 1.58. The van der Waals surface area contributed by atoms with Crippen LogP contribution in [0.15, 0.2) is 36.5 Å². The monoisotopic (exact) mass is 482 g/mol. The molecule has 0 aliphatic carbocycles. The number of ether oxygens (including phenoxy) is 3. The lowest BCUT2D eigenvalue weighted by Crippen LogP contribution is -2.47. The topological polar surface area (TPSA) is 114 Å². The van der Waals surface area contributed by atoms with Crippen molar-refractivity contribution < 1.29 is 23.4 Å². The molecule has 0 bridgehead atoms. The predicted molar refractivity (Wildman–Crippen MR) is 125 cm³/mol. The molecule has 2 aliphatic heterocycles. The zero-order valence-corrected chi connectivity index (χ0v) is 19.6. The number of morpholine rings is 1. The normalized spacial score (nSPS) is 22.7. The Hall–Kier alpha value is -3.41. The van der Waals surface area contributed by atoms with Gasteiger partial charge in [0, 0.05) is 31.9 Å². The molecule has 0 saturated carbocycles. The quantitative estimate of drug-likeness (QED) is 0.570. The molecule has 0 unspecified atom stereocenters. The molecule has 2 saturated heterocycles. The smallest absolute Gasteiger partial charge is 0.230 e. The third-order valence-electron chi connectivity index (χ3n) is 6.14. The summed E-state index contributed by atoms with van der Waals surface area (Å²) in [5, 5.41) is 2.64. The van der Waals surface area contributed by atoms with Crippen molar-refractivity contribution in [3.63, 3.8) is 0 Å². The largest absolute Gasteiger partial charge is 0.378 e. The fourth-order valence-corrected chi connectivity index (χ4v) is 4.11. The lowest BCUT2D eigenvalue weighted by molar-refractivity contribution is -0.230. The van der Waals surface area contributed by atoms with E-state index in [0.29, 0.717) is 60.7 Å². The van der Waals surface area contributed by atoms with E-state index in [4.69, 9.17) is 24.2 Å². The fraction of sp³-hybridized carbons (Fsp3) is 0.417. The Morgan fingerprint density at radius 2 is 1.86 bits per heavy atom. The summed E-state index contributed by atoms with van der Waals surface area (Å²) in [5.41, 5.74) is 1.76. The predicted octanol–water partition coefficient (Wildman–Crippen LogP) is 2.31. The molecule has 0 atom stereocenters. The van der Waals surface area contributed by atoms with Crippen LogP contribution in [0.3, 0.4) is 0 Å². The molecule has 3 aromatic rings. The molecule has 11 heteroatoms. The van der Waals surface area contributed by atoms with Gasteiger partial charge in [-0.05, 0) is 37.3 Å². The van der Waals surface area contributed by atoms with E-state index in [1.807, 2.05) is 0 Å². The van der Waals surface area contributed by atoms with Crippen molar-refractivity contribution in [3.05, 3.63) is 48.2 Å². The number of hydrogen-bond acceptors (Lipinski definition) is 8. The van der Waals surface area contributed by atoms with Crippen LogP contribution in [0.5, 0.6) is 0 Å². The van der Waals surface area contributed by atoms with Crippen molar-refractivity contribution in [2.75, 3.05) is 51.5 Å². The highest BCUT2D eigenvalue weighted by Gasteiger charge is 2.40. The first-order chi connectivity index (χ1) is 17.0. The molecule has 2 aliphatic rings. The second-order valence-corrected chi connectivity index (χ2v) is 8.79. The summed E-state index contributed by atoms with van der Waals surface area (Å²) >= 11 is 0. The number of anilines is 1. The number of benzene rings is 1. The number of imidazole rings is 1. The van der Waals surface area contributed by atoms with Gasteiger partial charge in [-0.3, -0.25) is 4.79 Å². The van der Waals surface area contributed by atoms with Crippen LogP contribution in [0.2, 0.25) is 0 Å². The average Bonchev–Trinajstić information content (AvgIpc) is 3.35. The van der Waals surface area contributed by atoms with Gasteiger partial charge < -0.3 is 29.4 Å². The van der Waals surface area contributed by atoms with Crippen LogP contribution >= 0.6 is 0 Å². The van der Waals surface area contributed by atoms with E-state index in [-0.39, 0.29) is 24.9 Å². The first-order valence-electron chi connectivity index (χ1n) is 11.4. The number of rotatable bonds is 5.